The molecule has 0 aromatic heterocycles. The summed E-state index contributed by atoms with van der Waals surface area (Å²) in [4.78, 5) is 10.5. The molecule has 1 aliphatic carbocycles. The summed E-state index contributed by atoms with van der Waals surface area (Å²) in [6.07, 6.45) is -2.18. The van der Waals surface area contributed by atoms with Gasteiger partial charge in [-0.3, -0.25) is 4.79 Å². The first-order chi connectivity index (χ1) is 7.02. The third kappa shape index (κ3) is 2.03. The monoisotopic (exact) mass is 214 g/mol. The van der Waals surface area contributed by atoms with E-state index in [1.54, 1.807) is 0 Å². The van der Waals surface area contributed by atoms with E-state index in [9.17, 15) is 18.0 Å². The number of benzene rings is 1. The summed E-state index contributed by atoms with van der Waals surface area (Å²) in [5.41, 5.74) is -0.0207. The van der Waals surface area contributed by atoms with Gasteiger partial charge >= 0.3 is 6.18 Å². The molecule has 2 rings (SSSR count). The fourth-order valence-electron chi connectivity index (χ4n) is 1.64. The average molecular weight is 214 g/mol. The van der Waals surface area contributed by atoms with Crippen LogP contribution in [0, 0.1) is 0 Å². The zero-order valence-electron chi connectivity index (χ0n) is 7.84. The molecule has 1 aromatic carbocycles. The van der Waals surface area contributed by atoms with E-state index in [1.807, 2.05) is 0 Å². The second-order valence-corrected chi connectivity index (χ2v) is 3.74. The second-order valence-electron chi connectivity index (χ2n) is 3.74. The number of carbonyl (C=O) groups excluding carboxylic acids is 1. The fraction of sp³-hybridized carbons (Fsp3) is 0.364. The van der Waals surface area contributed by atoms with Gasteiger partial charge in [-0.05, 0) is 36.5 Å². The first-order valence-corrected chi connectivity index (χ1v) is 4.68. The molecule has 0 atom stereocenters. The summed E-state index contributed by atoms with van der Waals surface area (Å²) in [7, 11) is 0. The van der Waals surface area contributed by atoms with Gasteiger partial charge in [0.25, 0.3) is 0 Å². The Morgan fingerprint density at radius 1 is 1.27 bits per heavy atom. The minimum absolute atomic E-state index is 0.0125. The lowest BCUT2D eigenvalue weighted by molar-refractivity contribution is -0.138. The van der Waals surface area contributed by atoms with Crippen molar-refractivity contribution in [2.24, 2.45) is 0 Å². The Morgan fingerprint density at radius 2 is 1.93 bits per heavy atom. The van der Waals surface area contributed by atoms with Crippen LogP contribution in [-0.2, 0) is 6.18 Å². The molecule has 0 N–H and O–H groups in total. The predicted molar refractivity (Wildman–Crippen MR) is 48.8 cm³/mol. The molecule has 0 heterocycles. The summed E-state index contributed by atoms with van der Waals surface area (Å²) < 4.78 is 37.8. The summed E-state index contributed by atoms with van der Waals surface area (Å²) in [5.74, 6) is -0.0125. The highest BCUT2D eigenvalue weighted by Crippen LogP contribution is 2.45. The van der Waals surface area contributed by atoms with Gasteiger partial charge in [0.2, 0.25) is 0 Å². The van der Waals surface area contributed by atoms with E-state index in [2.05, 4.69) is 0 Å². The van der Waals surface area contributed by atoms with Gasteiger partial charge in [0.1, 0.15) is 6.29 Å². The SMILES string of the molecule is O=Cc1ccc(C(F)(F)F)c(C2CC2)c1. The van der Waals surface area contributed by atoms with Crippen LogP contribution in [0.4, 0.5) is 13.2 Å². The van der Waals surface area contributed by atoms with Crippen LogP contribution in [0.15, 0.2) is 18.2 Å². The Kier molecular flexibility index (Phi) is 2.29. The standard InChI is InChI=1S/C11H9F3O/c12-11(13,14)10-4-1-7(6-15)5-9(10)8-2-3-8/h1,4-6,8H,2-3H2. The second kappa shape index (κ2) is 3.36. The highest BCUT2D eigenvalue weighted by molar-refractivity contribution is 5.75. The summed E-state index contributed by atoms with van der Waals surface area (Å²) in [6.45, 7) is 0. The predicted octanol–water partition coefficient (Wildman–Crippen LogP) is 3.40. The number of halogens is 3. The molecule has 1 saturated carbocycles. The van der Waals surface area contributed by atoms with Crippen LogP contribution in [0.5, 0.6) is 0 Å². The summed E-state index contributed by atoms with van der Waals surface area (Å²) >= 11 is 0. The number of alkyl halides is 3. The molecule has 1 aromatic rings. The Hall–Kier alpha value is -1.32. The smallest absolute Gasteiger partial charge is 0.298 e. The normalized spacial score (nSPS) is 16.5. The van der Waals surface area contributed by atoms with E-state index in [0.717, 1.165) is 18.9 Å². The van der Waals surface area contributed by atoms with Crippen molar-refractivity contribution in [3.05, 3.63) is 34.9 Å². The molecule has 0 bridgehead atoms. The molecule has 1 fully saturated rings. The third-order valence-electron chi connectivity index (χ3n) is 2.53. The third-order valence-corrected chi connectivity index (χ3v) is 2.53. The van der Waals surface area contributed by atoms with Gasteiger partial charge in [0, 0.05) is 5.56 Å². The topological polar surface area (TPSA) is 17.1 Å². The molecule has 1 aliphatic rings. The van der Waals surface area contributed by atoms with Crippen LogP contribution < -0.4 is 0 Å². The van der Waals surface area contributed by atoms with Crippen LogP contribution in [-0.4, -0.2) is 6.29 Å². The van der Waals surface area contributed by atoms with Gasteiger partial charge in [-0.1, -0.05) is 6.07 Å². The first-order valence-electron chi connectivity index (χ1n) is 4.68. The molecule has 15 heavy (non-hydrogen) atoms. The van der Waals surface area contributed by atoms with Gasteiger partial charge < -0.3 is 0 Å². The van der Waals surface area contributed by atoms with Crippen LogP contribution in [0.25, 0.3) is 0 Å². The number of hydrogen-bond acceptors (Lipinski definition) is 1. The van der Waals surface area contributed by atoms with E-state index in [1.165, 1.54) is 12.1 Å². The lowest BCUT2D eigenvalue weighted by Crippen LogP contribution is -2.09. The zero-order chi connectivity index (χ0) is 11.1. The molecular weight excluding hydrogens is 205 g/mol. The molecule has 0 saturated heterocycles. The van der Waals surface area contributed by atoms with Gasteiger partial charge in [-0.25, -0.2) is 0 Å². The van der Waals surface area contributed by atoms with Gasteiger partial charge in [0.15, 0.2) is 0 Å². The number of rotatable bonds is 2. The molecule has 1 nitrogen and oxygen atoms in total. The summed E-state index contributed by atoms with van der Waals surface area (Å²) in [6, 6.07) is 3.56. The average Bonchev–Trinajstić information content (AvgIpc) is 2.98. The maximum Gasteiger partial charge on any atom is 0.416 e. The zero-order valence-corrected chi connectivity index (χ0v) is 7.84. The van der Waals surface area contributed by atoms with E-state index in [4.69, 9.17) is 0 Å². The Morgan fingerprint density at radius 3 is 2.40 bits per heavy atom. The molecule has 4 heteroatoms. The van der Waals surface area contributed by atoms with Crippen LogP contribution in [0.3, 0.4) is 0 Å². The van der Waals surface area contributed by atoms with E-state index >= 15 is 0 Å². The van der Waals surface area contributed by atoms with Gasteiger partial charge in [-0.2, -0.15) is 13.2 Å². The Balaban J connectivity index is 2.49. The minimum Gasteiger partial charge on any atom is -0.298 e. The van der Waals surface area contributed by atoms with Crippen molar-refractivity contribution in [3.63, 3.8) is 0 Å². The van der Waals surface area contributed by atoms with E-state index in [0.29, 0.717) is 11.8 Å². The minimum atomic E-state index is -4.32. The molecule has 0 spiro atoms. The first kappa shape index (κ1) is 10.2. The van der Waals surface area contributed by atoms with Crippen molar-refractivity contribution in [3.8, 4) is 0 Å². The Bertz CT molecular complexity index is 391. The largest absolute Gasteiger partial charge is 0.416 e. The van der Waals surface area contributed by atoms with Crippen molar-refractivity contribution in [2.45, 2.75) is 24.9 Å². The van der Waals surface area contributed by atoms with Crippen LogP contribution >= 0.6 is 0 Å². The van der Waals surface area contributed by atoms with Crippen molar-refractivity contribution in [1.29, 1.82) is 0 Å². The molecular formula is C11H9F3O. The quantitative estimate of drug-likeness (QED) is 0.689. The van der Waals surface area contributed by atoms with Crippen LogP contribution in [0.2, 0.25) is 0 Å². The molecule has 0 radical (unpaired) electrons. The highest BCUT2D eigenvalue weighted by Gasteiger charge is 2.37. The van der Waals surface area contributed by atoms with Gasteiger partial charge in [-0.15, -0.1) is 0 Å². The van der Waals surface area contributed by atoms with E-state index < -0.39 is 11.7 Å². The van der Waals surface area contributed by atoms with Crippen LogP contribution in [0.1, 0.15) is 40.2 Å². The maximum atomic E-state index is 12.6. The molecule has 0 amide bonds. The summed E-state index contributed by atoms with van der Waals surface area (Å²) in [5, 5.41) is 0. The number of carbonyl (C=O) groups is 1. The molecule has 0 aliphatic heterocycles. The lowest BCUT2D eigenvalue weighted by atomic mass is 10.00. The lowest BCUT2D eigenvalue weighted by Gasteiger charge is -2.12. The molecule has 80 valence electrons. The van der Waals surface area contributed by atoms with Crippen molar-refractivity contribution in [1.82, 2.24) is 0 Å². The fourth-order valence-corrected chi connectivity index (χ4v) is 1.64. The molecule has 0 unspecified atom stereocenters. The van der Waals surface area contributed by atoms with Crippen molar-refractivity contribution >= 4 is 6.29 Å². The van der Waals surface area contributed by atoms with Crippen molar-refractivity contribution in [2.75, 3.05) is 0 Å². The van der Waals surface area contributed by atoms with Crippen molar-refractivity contribution < 1.29 is 18.0 Å². The van der Waals surface area contributed by atoms with Gasteiger partial charge in [0.05, 0.1) is 5.56 Å². The Labute approximate surface area is 84.9 Å². The maximum absolute atomic E-state index is 12.6. The van der Waals surface area contributed by atoms with E-state index in [-0.39, 0.29) is 11.5 Å². The number of hydrogen-bond donors (Lipinski definition) is 0. The number of aldehydes is 1. The highest BCUT2D eigenvalue weighted by atomic mass is 19.4.